The molecule has 0 spiro atoms. The van der Waals surface area contributed by atoms with Crippen molar-refractivity contribution in [3.63, 3.8) is 0 Å². The summed E-state index contributed by atoms with van der Waals surface area (Å²) in [7, 11) is 0. The van der Waals surface area contributed by atoms with E-state index in [0.29, 0.717) is 24.2 Å². The smallest absolute Gasteiger partial charge is 0.0627 e. The minimum atomic E-state index is -0.411. The van der Waals surface area contributed by atoms with Gasteiger partial charge in [-0.3, -0.25) is 0 Å². The number of aliphatic hydroxyl groups excluding tert-OH is 2. The molecule has 2 heteroatoms. The molecule has 0 aliphatic heterocycles. The summed E-state index contributed by atoms with van der Waals surface area (Å²) in [5.74, 6) is 2.18. The number of hydrogen-bond donors (Lipinski definition) is 2. The lowest BCUT2D eigenvalue weighted by molar-refractivity contribution is 0.00407. The third-order valence-corrected chi connectivity index (χ3v) is 7.10. The van der Waals surface area contributed by atoms with E-state index >= 15 is 0 Å². The molecule has 2 aliphatic rings. The van der Waals surface area contributed by atoms with E-state index < -0.39 is 12.2 Å². The molecular formula is C23H40O2. The van der Waals surface area contributed by atoms with Gasteiger partial charge in [-0.05, 0) is 55.3 Å². The molecule has 144 valence electrons. The molecule has 0 aromatic heterocycles. The van der Waals surface area contributed by atoms with Crippen LogP contribution in [-0.2, 0) is 0 Å². The van der Waals surface area contributed by atoms with Crippen LogP contribution in [0.25, 0.3) is 0 Å². The van der Waals surface area contributed by atoms with Crippen LogP contribution >= 0.6 is 0 Å². The van der Waals surface area contributed by atoms with Gasteiger partial charge in [-0.15, -0.1) is 0 Å². The monoisotopic (exact) mass is 348 g/mol. The molecule has 0 amide bonds. The van der Waals surface area contributed by atoms with Gasteiger partial charge in [0.2, 0.25) is 0 Å². The molecule has 0 saturated heterocycles. The van der Waals surface area contributed by atoms with E-state index in [9.17, 15) is 10.2 Å². The highest BCUT2D eigenvalue weighted by Gasteiger charge is 2.45. The van der Waals surface area contributed by atoms with Gasteiger partial charge in [0.05, 0.1) is 12.2 Å². The third-order valence-electron chi connectivity index (χ3n) is 7.10. The van der Waals surface area contributed by atoms with Crippen LogP contribution in [0.15, 0.2) is 23.3 Å². The first-order valence-electron chi connectivity index (χ1n) is 10.4. The summed E-state index contributed by atoms with van der Waals surface area (Å²) in [6.45, 7) is 13.9. The number of rotatable bonds is 5. The summed E-state index contributed by atoms with van der Waals surface area (Å²) in [6, 6.07) is 0. The maximum absolute atomic E-state index is 10.2. The molecule has 2 rings (SSSR count). The molecular weight excluding hydrogens is 308 g/mol. The van der Waals surface area contributed by atoms with Crippen molar-refractivity contribution in [1.82, 2.24) is 0 Å². The van der Waals surface area contributed by atoms with Crippen molar-refractivity contribution in [1.29, 1.82) is 0 Å². The van der Waals surface area contributed by atoms with Crippen LogP contribution in [0, 0.1) is 29.1 Å². The number of hydrogen-bond acceptors (Lipinski definition) is 2. The maximum atomic E-state index is 10.2. The number of aliphatic hydroxyl groups is 2. The van der Waals surface area contributed by atoms with Crippen LogP contribution in [0.5, 0.6) is 0 Å². The summed E-state index contributed by atoms with van der Waals surface area (Å²) in [6.07, 6.45) is 10.1. The van der Waals surface area contributed by atoms with Crippen LogP contribution < -0.4 is 0 Å². The molecule has 4 atom stereocenters. The second-order valence-corrected chi connectivity index (χ2v) is 9.52. The Morgan fingerprint density at radius 1 is 1.16 bits per heavy atom. The highest BCUT2D eigenvalue weighted by Crippen LogP contribution is 2.53. The van der Waals surface area contributed by atoms with E-state index in [1.54, 1.807) is 5.57 Å². The zero-order valence-corrected chi connectivity index (χ0v) is 17.3. The van der Waals surface area contributed by atoms with Gasteiger partial charge in [0.25, 0.3) is 0 Å². The van der Waals surface area contributed by atoms with E-state index in [4.69, 9.17) is 0 Å². The molecule has 0 unspecified atom stereocenters. The van der Waals surface area contributed by atoms with Gasteiger partial charge in [0.15, 0.2) is 0 Å². The SMILES string of the molecule is CCC/C(=C\C=C1C[C@@H](O)C(C)[C@H](O)C1)[C@H]1CC[C@H](C(C)C)C1(C)C. The minimum Gasteiger partial charge on any atom is -0.392 e. The molecule has 2 N–H and O–H groups in total. The predicted octanol–water partition coefficient (Wildman–Crippen LogP) is 5.50. The zero-order chi connectivity index (χ0) is 18.8. The predicted molar refractivity (Wildman–Crippen MR) is 106 cm³/mol. The average molecular weight is 349 g/mol. The molecule has 0 radical (unpaired) electrons. The normalized spacial score (nSPS) is 36.1. The summed E-state index contributed by atoms with van der Waals surface area (Å²) in [4.78, 5) is 0. The Labute approximate surface area is 155 Å². The van der Waals surface area contributed by atoms with Gasteiger partial charge in [0, 0.05) is 5.92 Å². The molecule has 2 aliphatic carbocycles. The van der Waals surface area contributed by atoms with Crippen molar-refractivity contribution in [2.24, 2.45) is 29.1 Å². The Hall–Kier alpha value is -0.600. The van der Waals surface area contributed by atoms with Crippen LogP contribution in [0.1, 0.15) is 80.1 Å². The lowest BCUT2D eigenvalue weighted by Crippen LogP contribution is -2.34. The van der Waals surface area contributed by atoms with E-state index in [2.05, 4.69) is 46.8 Å². The fraction of sp³-hybridized carbons (Fsp3) is 0.826. The average Bonchev–Trinajstić information content (AvgIpc) is 2.84. The maximum Gasteiger partial charge on any atom is 0.0627 e. The number of allylic oxidation sites excluding steroid dienone is 3. The van der Waals surface area contributed by atoms with E-state index in [-0.39, 0.29) is 5.92 Å². The highest BCUT2D eigenvalue weighted by atomic mass is 16.3. The van der Waals surface area contributed by atoms with E-state index in [1.807, 2.05) is 6.92 Å². The van der Waals surface area contributed by atoms with Gasteiger partial charge < -0.3 is 10.2 Å². The first-order valence-corrected chi connectivity index (χ1v) is 10.4. The second-order valence-electron chi connectivity index (χ2n) is 9.52. The summed E-state index contributed by atoms with van der Waals surface area (Å²) < 4.78 is 0. The fourth-order valence-electron chi connectivity index (χ4n) is 5.48. The largest absolute Gasteiger partial charge is 0.392 e. The molecule has 2 nitrogen and oxygen atoms in total. The summed E-state index contributed by atoms with van der Waals surface area (Å²) in [5, 5.41) is 20.3. The minimum absolute atomic E-state index is 0.0168. The van der Waals surface area contributed by atoms with Crippen LogP contribution in [0.4, 0.5) is 0 Å². The summed E-state index contributed by atoms with van der Waals surface area (Å²) in [5.41, 5.74) is 3.13. The molecule has 2 fully saturated rings. The Kier molecular flexibility index (Phi) is 6.95. The molecule has 25 heavy (non-hydrogen) atoms. The summed E-state index contributed by atoms with van der Waals surface area (Å²) >= 11 is 0. The molecule has 2 saturated carbocycles. The van der Waals surface area contributed by atoms with Crippen LogP contribution in [0.2, 0.25) is 0 Å². The van der Waals surface area contributed by atoms with Gasteiger partial charge in [-0.2, -0.15) is 0 Å². The molecule has 0 aromatic rings. The highest BCUT2D eigenvalue weighted by molar-refractivity contribution is 5.24. The van der Waals surface area contributed by atoms with Crippen molar-refractivity contribution >= 4 is 0 Å². The van der Waals surface area contributed by atoms with Crippen molar-refractivity contribution in [2.75, 3.05) is 0 Å². The zero-order valence-electron chi connectivity index (χ0n) is 17.3. The lowest BCUT2D eigenvalue weighted by atomic mass is 9.68. The van der Waals surface area contributed by atoms with Crippen LogP contribution in [0.3, 0.4) is 0 Å². The molecule has 0 bridgehead atoms. The lowest BCUT2D eigenvalue weighted by Gasteiger charge is -2.37. The van der Waals surface area contributed by atoms with Crippen molar-refractivity contribution in [2.45, 2.75) is 92.3 Å². The Morgan fingerprint density at radius 2 is 1.76 bits per heavy atom. The standard InChI is InChI=1S/C23H40O2/c1-7-8-18(20-12-11-19(15(2)3)23(20,5)6)10-9-17-13-21(24)16(4)22(25)14-17/h9-10,15-16,19-22,24-25H,7-8,11-14H2,1-6H3/b17-9?,18-10+/t16?,19-,20-,21-,22-/m1/s1. The first kappa shape index (κ1) is 20.7. The third kappa shape index (κ3) is 4.57. The van der Waals surface area contributed by atoms with Crippen molar-refractivity contribution < 1.29 is 10.2 Å². The first-order chi connectivity index (χ1) is 11.7. The van der Waals surface area contributed by atoms with Gasteiger partial charge in [0.1, 0.15) is 0 Å². The quantitative estimate of drug-likeness (QED) is 0.689. The Morgan fingerprint density at radius 3 is 2.24 bits per heavy atom. The van der Waals surface area contributed by atoms with Crippen LogP contribution in [-0.4, -0.2) is 22.4 Å². The fourth-order valence-corrected chi connectivity index (χ4v) is 5.48. The van der Waals surface area contributed by atoms with Gasteiger partial charge in [-0.1, -0.05) is 71.3 Å². The Balaban J connectivity index is 2.20. The van der Waals surface area contributed by atoms with Crippen molar-refractivity contribution in [3.05, 3.63) is 23.3 Å². The molecule has 0 heterocycles. The van der Waals surface area contributed by atoms with E-state index in [1.165, 1.54) is 24.8 Å². The Bertz CT molecular complexity index is 486. The second kappa shape index (κ2) is 8.39. The van der Waals surface area contributed by atoms with Crippen molar-refractivity contribution in [3.8, 4) is 0 Å². The van der Waals surface area contributed by atoms with Gasteiger partial charge in [-0.25, -0.2) is 0 Å². The molecule has 0 aromatic carbocycles. The van der Waals surface area contributed by atoms with Gasteiger partial charge >= 0.3 is 0 Å². The van der Waals surface area contributed by atoms with E-state index in [0.717, 1.165) is 18.3 Å². The topological polar surface area (TPSA) is 40.5 Å².